The van der Waals surface area contributed by atoms with Gasteiger partial charge >= 0.3 is 0 Å². The Morgan fingerprint density at radius 3 is 2.82 bits per heavy atom. The van der Waals surface area contributed by atoms with Crippen molar-refractivity contribution in [2.75, 3.05) is 25.9 Å². The lowest BCUT2D eigenvalue weighted by Gasteiger charge is -2.36. The molecular formula is C16H25FIN3S. The standard InChI is InChI=1S/C16H24FN3S.HI/c1-12(2)15-11-20(8-9-21-15)16(18-3)19-10-13-6-4-5-7-14(13)17;/h4-7,12,15H,8-11H2,1-3H3,(H,18,19);1H. The maximum absolute atomic E-state index is 13.7. The zero-order valence-electron chi connectivity index (χ0n) is 13.4. The van der Waals surface area contributed by atoms with E-state index in [9.17, 15) is 4.39 Å². The third kappa shape index (κ3) is 5.30. The zero-order valence-corrected chi connectivity index (χ0v) is 16.5. The number of nitrogens with zero attached hydrogens (tertiary/aromatic N) is 2. The molecule has 1 fully saturated rings. The molecule has 0 aromatic heterocycles. The van der Waals surface area contributed by atoms with Crippen LogP contribution in [0.2, 0.25) is 0 Å². The Bertz CT molecular complexity index is 496. The highest BCUT2D eigenvalue weighted by atomic mass is 127. The van der Waals surface area contributed by atoms with Crippen molar-refractivity contribution >= 4 is 41.7 Å². The smallest absolute Gasteiger partial charge is 0.193 e. The van der Waals surface area contributed by atoms with Crippen LogP contribution < -0.4 is 5.32 Å². The predicted molar refractivity (Wildman–Crippen MR) is 105 cm³/mol. The Labute approximate surface area is 154 Å². The van der Waals surface area contributed by atoms with Gasteiger partial charge < -0.3 is 10.2 Å². The van der Waals surface area contributed by atoms with Gasteiger partial charge in [-0.3, -0.25) is 4.99 Å². The minimum Gasteiger partial charge on any atom is -0.352 e. The SMILES string of the molecule is CN=C(NCc1ccccc1F)N1CCSC(C(C)C)C1.I. The van der Waals surface area contributed by atoms with Crippen molar-refractivity contribution in [3.63, 3.8) is 0 Å². The fourth-order valence-corrected chi connectivity index (χ4v) is 3.72. The van der Waals surface area contributed by atoms with Gasteiger partial charge in [-0.15, -0.1) is 24.0 Å². The lowest BCUT2D eigenvalue weighted by atomic mass is 10.1. The Hall–Kier alpha value is -0.500. The van der Waals surface area contributed by atoms with Gasteiger partial charge in [0.1, 0.15) is 5.82 Å². The summed E-state index contributed by atoms with van der Waals surface area (Å²) in [6, 6.07) is 6.86. The molecule has 2 rings (SSSR count). The van der Waals surface area contributed by atoms with Gasteiger partial charge in [-0.05, 0) is 12.0 Å². The summed E-state index contributed by atoms with van der Waals surface area (Å²) in [5.41, 5.74) is 0.672. The quantitative estimate of drug-likeness (QED) is 0.445. The first-order chi connectivity index (χ1) is 10.1. The highest BCUT2D eigenvalue weighted by Gasteiger charge is 2.24. The normalized spacial score (nSPS) is 19.0. The first kappa shape index (κ1) is 19.5. The maximum atomic E-state index is 13.7. The number of thioether (sulfide) groups is 1. The topological polar surface area (TPSA) is 27.6 Å². The third-order valence-corrected chi connectivity index (χ3v) is 5.28. The van der Waals surface area contributed by atoms with Gasteiger partial charge in [0.2, 0.25) is 0 Å². The van der Waals surface area contributed by atoms with Crippen LogP contribution in [-0.2, 0) is 6.54 Å². The molecule has 1 aliphatic heterocycles. The number of halogens is 2. The van der Waals surface area contributed by atoms with E-state index in [2.05, 4.69) is 29.1 Å². The molecule has 1 aliphatic rings. The molecule has 0 bridgehead atoms. The second-order valence-electron chi connectivity index (χ2n) is 5.59. The Morgan fingerprint density at radius 2 is 2.18 bits per heavy atom. The molecule has 0 spiro atoms. The summed E-state index contributed by atoms with van der Waals surface area (Å²) >= 11 is 2.04. The van der Waals surface area contributed by atoms with E-state index in [0.29, 0.717) is 23.3 Å². The number of hydrogen-bond acceptors (Lipinski definition) is 2. The van der Waals surface area contributed by atoms with Gasteiger partial charge in [0.25, 0.3) is 0 Å². The molecule has 3 nitrogen and oxygen atoms in total. The van der Waals surface area contributed by atoms with E-state index in [1.54, 1.807) is 19.2 Å². The van der Waals surface area contributed by atoms with Crippen LogP contribution in [0.5, 0.6) is 0 Å². The fourth-order valence-electron chi connectivity index (χ4n) is 2.42. The molecule has 1 aromatic rings. The van der Waals surface area contributed by atoms with Gasteiger partial charge in [-0.1, -0.05) is 32.0 Å². The largest absolute Gasteiger partial charge is 0.352 e. The fraction of sp³-hybridized carbons (Fsp3) is 0.562. The molecule has 0 aliphatic carbocycles. The van der Waals surface area contributed by atoms with Gasteiger partial charge in [-0.2, -0.15) is 11.8 Å². The third-order valence-electron chi connectivity index (χ3n) is 3.74. The van der Waals surface area contributed by atoms with E-state index in [0.717, 1.165) is 24.8 Å². The number of benzene rings is 1. The molecule has 1 atom stereocenters. The van der Waals surface area contributed by atoms with E-state index in [1.165, 1.54) is 6.07 Å². The van der Waals surface area contributed by atoms with E-state index in [-0.39, 0.29) is 29.8 Å². The minimum absolute atomic E-state index is 0. The van der Waals surface area contributed by atoms with Crippen molar-refractivity contribution in [3.8, 4) is 0 Å². The van der Waals surface area contributed by atoms with E-state index in [4.69, 9.17) is 0 Å². The van der Waals surface area contributed by atoms with Gasteiger partial charge in [-0.25, -0.2) is 4.39 Å². The molecule has 1 heterocycles. The van der Waals surface area contributed by atoms with Gasteiger partial charge in [0, 0.05) is 43.2 Å². The molecule has 1 aromatic carbocycles. The molecule has 124 valence electrons. The van der Waals surface area contributed by atoms with Crippen LogP contribution in [0.4, 0.5) is 4.39 Å². The second kappa shape index (κ2) is 9.60. The van der Waals surface area contributed by atoms with Crippen LogP contribution in [0.1, 0.15) is 19.4 Å². The number of aliphatic imine (C=N–C) groups is 1. The van der Waals surface area contributed by atoms with Gasteiger partial charge in [0.05, 0.1) is 0 Å². The highest BCUT2D eigenvalue weighted by Crippen LogP contribution is 2.24. The molecule has 1 unspecified atom stereocenters. The van der Waals surface area contributed by atoms with Gasteiger partial charge in [0.15, 0.2) is 5.96 Å². The van der Waals surface area contributed by atoms with Crippen LogP contribution in [0.15, 0.2) is 29.3 Å². The molecule has 1 saturated heterocycles. The van der Waals surface area contributed by atoms with E-state index >= 15 is 0 Å². The minimum atomic E-state index is -0.172. The molecule has 1 N–H and O–H groups in total. The lowest BCUT2D eigenvalue weighted by Crippen LogP contribution is -2.48. The Balaban J connectivity index is 0.00000242. The molecule has 0 amide bonds. The Kier molecular flexibility index (Phi) is 8.53. The highest BCUT2D eigenvalue weighted by molar-refractivity contribution is 14.0. The molecule has 0 radical (unpaired) electrons. The van der Waals surface area contributed by atoms with Crippen molar-refractivity contribution in [3.05, 3.63) is 35.6 Å². The molecule has 22 heavy (non-hydrogen) atoms. The van der Waals surface area contributed by atoms with Crippen LogP contribution in [0.3, 0.4) is 0 Å². The monoisotopic (exact) mass is 437 g/mol. The van der Waals surface area contributed by atoms with Crippen molar-refractivity contribution in [1.29, 1.82) is 0 Å². The van der Waals surface area contributed by atoms with Crippen LogP contribution in [0.25, 0.3) is 0 Å². The summed E-state index contributed by atoms with van der Waals surface area (Å²) < 4.78 is 13.7. The predicted octanol–water partition coefficient (Wildman–Crippen LogP) is 3.59. The average Bonchev–Trinajstić information content (AvgIpc) is 2.50. The van der Waals surface area contributed by atoms with Crippen LogP contribution in [-0.4, -0.2) is 42.0 Å². The number of nitrogens with one attached hydrogen (secondary N) is 1. The number of guanidine groups is 1. The van der Waals surface area contributed by atoms with Crippen LogP contribution >= 0.6 is 35.7 Å². The van der Waals surface area contributed by atoms with Crippen molar-refractivity contribution < 1.29 is 4.39 Å². The molecule has 6 heteroatoms. The number of rotatable bonds is 3. The van der Waals surface area contributed by atoms with Crippen molar-refractivity contribution in [2.24, 2.45) is 10.9 Å². The van der Waals surface area contributed by atoms with E-state index in [1.807, 2.05) is 17.8 Å². The van der Waals surface area contributed by atoms with Crippen LogP contribution in [0, 0.1) is 11.7 Å². The van der Waals surface area contributed by atoms with E-state index < -0.39 is 0 Å². The first-order valence-electron chi connectivity index (χ1n) is 7.42. The number of hydrogen-bond donors (Lipinski definition) is 1. The molecule has 0 saturated carbocycles. The summed E-state index contributed by atoms with van der Waals surface area (Å²) in [6.45, 7) is 6.98. The Morgan fingerprint density at radius 1 is 1.45 bits per heavy atom. The average molecular weight is 437 g/mol. The lowest BCUT2D eigenvalue weighted by molar-refractivity contribution is 0.380. The summed E-state index contributed by atoms with van der Waals surface area (Å²) in [7, 11) is 1.79. The maximum Gasteiger partial charge on any atom is 0.193 e. The van der Waals surface area contributed by atoms with Crippen molar-refractivity contribution in [1.82, 2.24) is 10.2 Å². The first-order valence-corrected chi connectivity index (χ1v) is 8.47. The summed E-state index contributed by atoms with van der Waals surface area (Å²) in [5, 5.41) is 3.91. The summed E-state index contributed by atoms with van der Waals surface area (Å²) in [5.74, 6) is 2.46. The van der Waals surface area contributed by atoms with Crippen molar-refractivity contribution in [2.45, 2.75) is 25.6 Å². The molecular weight excluding hydrogens is 412 g/mol. The zero-order chi connectivity index (χ0) is 15.2. The second-order valence-corrected chi connectivity index (χ2v) is 6.94. The summed E-state index contributed by atoms with van der Waals surface area (Å²) in [4.78, 5) is 6.63. The summed E-state index contributed by atoms with van der Waals surface area (Å²) in [6.07, 6.45) is 0.